The Bertz CT molecular complexity index is 312. The third-order valence-corrected chi connectivity index (χ3v) is 2.62. The molecule has 0 amide bonds. The van der Waals surface area contributed by atoms with Gasteiger partial charge >= 0.3 is 0 Å². The maximum Gasteiger partial charge on any atom is 0.127 e. The standard InChI is InChI=1S/C12H17ClFN/c1-12(2,7-8-13)15-9-10-5-3-4-6-11(10)14/h3-6,15H,7-9H2,1-2H3. The van der Waals surface area contributed by atoms with Crippen molar-refractivity contribution in [3.63, 3.8) is 0 Å². The van der Waals surface area contributed by atoms with Crippen molar-refractivity contribution in [3.05, 3.63) is 35.6 Å². The van der Waals surface area contributed by atoms with E-state index in [9.17, 15) is 4.39 Å². The summed E-state index contributed by atoms with van der Waals surface area (Å²) in [6.07, 6.45) is 0.864. The maximum atomic E-state index is 13.3. The highest BCUT2D eigenvalue weighted by atomic mass is 35.5. The van der Waals surface area contributed by atoms with E-state index in [1.54, 1.807) is 12.1 Å². The predicted octanol–water partition coefficient (Wildman–Crippen LogP) is 3.32. The quantitative estimate of drug-likeness (QED) is 0.764. The molecule has 0 bridgehead atoms. The van der Waals surface area contributed by atoms with Crippen molar-refractivity contribution in [2.24, 2.45) is 0 Å². The topological polar surface area (TPSA) is 12.0 Å². The highest BCUT2D eigenvalue weighted by Crippen LogP contribution is 2.12. The van der Waals surface area contributed by atoms with Crippen LogP contribution >= 0.6 is 11.6 Å². The Morgan fingerprint density at radius 2 is 2.00 bits per heavy atom. The Hall–Kier alpha value is -0.600. The zero-order chi connectivity index (χ0) is 11.3. The summed E-state index contributed by atoms with van der Waals surface area (Å²) >= 11 is 5.68. The smallest absolute Gasteiger partial charge is 0.127 e. The lowest BCUT2D eigenvalue weighted by Gasteiger charge is -2.25. The zero-order valence-electron chi connectivity index (χ0n) is 9.19. The highest BCUT2D eigenvalue weighted by molar-refractivity contribution is 6.17. The average molecular weight is 230 g/mol. The van der Waals surface area contributed by atoms with Crippen LogP contribution < -0.4 is 5.32 Å². The lowest BCUT2D eigenvalue weighted by molar-refractivity contribution is 0.373. The van der Waals surface area contributed by atoms with Gasteiger partial charge in [0.15, 0.2) is 0 Å². The lowest BCUT2D eigenvalue weighted by Crippen LogP contribution is -2.39. The largest absolute Gasteiger partial charge is 0.308 e. The lowest BCUT2D eigenvalue weighted by atomic mass is 10.0. The van der Waals surface area contributed by atoms with Gasteiger partial charge in [0.25, 0.3) is 0 Å². The fourth-order valence-corrected chi connectivity index (χ4v) is 1.77. The van der Waals surface area contributed by atoms with Crippen LogP contribution in [0.4, 0.5) is 4.39 Å². The molecule has 0 fully saturated rings. The summed E-state index contributed by atoms with van der Waals surface area (Å²) < 4.78 is 13.3. The Balaban J connectivity index is 2.53. The molecule has 0 atom stereocenters. The molecule has 3 heteroatoms. The fourth-order valence-electron chi connectivity index (χ4n) is 1.30. The Morgan fingerprint density at radius 1 is 1.33 bits per heavy atom. The minimum absolute atomic E-state index is 0.0516. The van der Waals surface area contributed by atoms with Crippen LogP contribution in [0.2, 0.25) is 0 Å². The molecule has 1 aromatic rings. The molecule has 0 radical (unpaired) electrons. The van der Waals surface area contributed by atoms with Crippen LogP contribution in [0.1, 0.15) is 25.8 Å². The van der Waals surface area contributed by atoms with Gasteiger partial charge < -0.3 is 5.32 Å². The molecule has 1 N–H and O–H groups in total. The first kappa shape index (κ1) is 12.5. The van der Waals surface area contributed by atoms with Gasteiger partial charge in [-0.2, -0.15) is 0 Å². The summed E-state index contributed by atoms with van der Waals surface area (Å²) in [5, 5.41) is 3.29. The van der Waals surface area contributed by atoms with Gasteiger partial charge in [0.2, 0.25) is 0 Å². The van der Waals surface area contributed by atoms with Gasteiger partial charge in [0.05, 0.1) is 0 Å². The first-order valence-corrected chi connectivity index (χ1v) is 5.63. The summed E-state index contributed by atoms with van der Waals surface area (Å²) in [6.45, 7) is 4.67. The molecule has 0 saturated carbocycles. The van der Waals surface area contributed by atoms with Crippen molar-refractivity contribution in [2.75, 3.05) is 5.88 Å². The monoisotopic (exact) mass is 229 g/mol. The Morgan fingerprint density at radius 3 is 2.60 bits per heavy atom. The molecule has 0 unspecified atom stereocenters. The third kappa shape index (κ3) is 4.18. The molecule has 84 valence electrons. The summed E-state index contributed by atoms with van der Waals surface area (Å²) in [6, 6.07) is 6.81. The SMILES string of the molecule is CC(C)(CCCl)NCc1ccccc1F. The van der Waals surface area contributed by atoms with Gasteiger partial charge in [0, 0.05) is 23.5 Å². The van der Waals surface area contributed by atoms with Crippen molar-refractivity contribution in [3.8, 4) is 0 Å². The van der Waals surface area contributed by atoms with Crippen molar-refractivity contribution in [2.45, 2.75) is 32.4 Å². The zero-order valence-corrected chi connectivity index (χ0v) is 9.94. The van der Waals surface area contributed by atoms with E-state index in [4.69, 9.17) is 11.6 Å². The second kappa shape index (κ2) is 5.47. The molecule has 0 aliphatic carbocycles. The van der Waals surface area contributed by atoms with E-state index in [2.05, 4.69) is 19.2 Å². The van der Waals surface area contributed by atoms with E-state index in [0.717, 1.165) is 6.42 Å². The van der Waals surface area contributed by atoms with Crippen molar-refractivity contribution < 1.29 is 4.39 Å². The molecule has 0 saturated heterocycles. The van der Waals surface area contributed by atoms with E-state index >= 15 is 0 Å². The highest BCUT2D eigenvalue weighted by Gasteiger charge is 2.16. The first-order chi connectivity index (χ1) is 7.05. The molecule has 1 nitrogen and oxygen atoms in total. The molecular formula is C12H17ClFN. The van der Waals surface area contributed by atoms with Crippen LogP contribution in [0.15, 0.2) is 24.3 Å². The average Bonchev–Trinajstić information content (AvgIpc) is 2.16. The normalized spacial score (nSPS) is 11.7. The Labute approximate surface area is 95.6 Å². The number of halogens is 2. The second-order valence-electron chi connectivity index (χ2n) is 4.27. The van der Waals surface area contributed by atoms with Crippen LogP contribution in [-0.2, 0) is 6.54 Å². The molecule has 1 aromatic carbocycles. The van der Waals surface area contributed by atoms with E-state index < -0.39 is 0 Å². The molecule has 0 heterocycles. The van der Waals surface area contributed by atoms with Crippen LogP contribution in [0, 0.1) is 5.82 Å². The minimum atomic E-state index is -0.160. The van der Waals surface area contributed by atoms with Crippen molar-refractivity contribution >= 4 is 11.6 Å². The fraction of sp³-hybridized carbons (Fsp3) is 0.500. The van der Waals surface area contributed by atoms with E-state index in [-0.39, 0.29) is 11.4 Å². The summed E-state index contributed by atoms with van der Waals surface area (Å²) in [5.41, 5.74) is 0.643. The number of alkyl halides is 1. The number of hydrogen-bond donors (Lipinski definition) is 1. The van der Waals surface area contributed by atoms with Crippen LogP contribution in [-0.4, -0.2) is 11.4 Å². The van der Waals surface area contributed by atoms with Crippen LogP contribution in [0.5, 0.6) is 0 Å². The van der Waals surface area contributed by atoms with E-state index in [1.807, 2.05) is 6.07 Å². The van der Waals surface area contributed by atoms with E-state index in [1.165, 1.54) is 6.07 Å². The molecule has 0 aromatic heterocycles. The molecule has 0 aliphatic rings. The van der Waals surface area contributed by atoms with Crippen molar-refractivity contribution in [1.29, 1.82) is 0 Å². The molecular weight excluding hydrogens is 213 g/mol. The third-order valence-electron chi connectivity index (χ3n) is 2.43. The van der Waals surface area contributed by atoms with Gasteiger partial charge in [0.1, 0.15) is 5.82 Å². The molecule has 0 spiro atoms. The molecule has 15 heavy (non-hydrogen) atoms. The van der Waals surface area contributed by atoms with Crippen LogP contribution in [0.25, 0.3) is 0 Å². The van der Waals surface area contributed by atoms with Gasteiger partial charge in [-0.1, -0.05) is 18.2 Å². The van der Waals surface area contributed by atoms with E-state index in [0.29, 0.717) is 18.0 Å². The molecule has 0 aliphatic heterocycles. The summed E-state index contributed by atoms with van der Waals surface area (Å²) in [7, 11) is 0. The van der Waals surface area contributed by atoms with Gasteiger partial charge in [-0.15, -0.1) is 11.6 Å². The molecule has 1 rings (SSSR count). The van der Waals surface area contributed by atoms with Gasteiger partial charge in [-0.3, -0.25) is 0 Å². The summed E-state index contributed by atoms with van der Waals surface area (Å²) in [5.74, 6) is 0.448. The Kier molecular flexibility index (Phi) is 4.55. The second-order valence-corrected chi connectivity index (χ2v) is 4.65. The summed E-state index contributed by atoms with van der Waals surface area (Å²) in [4.78, 5) is 0. The maximum absolute atomic E-state index is 13.3. The predicted molar refractivity (Wildman–Crippen MR) is 62.7 cm³/mol. The van der Waals surface area contributed by atoms with Crippen molar-refractivity contribution in [1.82, 2.24) is 5.32 Å². The number of hydrogen-bond acceptors (Lipinski definition) is 1. The first-order valence-electron chi connectivity index (χ1n) is 5.09. The van der Waals surface area contributed by atoms with Gasteiger partial charge in [-0.25, -0.2) is 4.39 Å². The minimum Gasteiger partial charge on any atom is -0.308 e. The van der Waals surface area contributed by atoms with Crippen LogP contribution in [0.3, 0.4) is 0 Å². The van der Waals surface area contributed by atoms with Gasteiger partial charge in [-0.05, 0) is 26.3 Å². The number of rotatable bonds is 5. The number of benzene rings is 1. The number of nitrogens with one attached hydrogen (secondary N) is 1.